The van der Waals surface area contributed by atoms with Crippen LogP contribution in [0.4, 0.5) is 0 Å². The minimum Gasteiger partial charge on any atom is -0.337 e. The van der Waals surface area contributed by atoms with E-state index >= 15 is 0 Å². The number of nitrogens with zero attached hydrogens (tertiary/aromatic N) is 2. The van der Waals surface area contributed by atoms with Crippen molar-refractivity contribution in [2.75, 3.05) is 6.54 Å². The van der Waals surface area contributed by atoms with Gasteiger partial charge in [-0.2, -0.15) is 0 Å². The summed E-state index contributed by atoms with van der Waals surface area (Å²) in [5.74, 6) is 0.580. The van der Waals surface area contributed by atoms with E-state index in [9.17, 15) is 9.59 Å². The van der Waals surface area contributed by atoms with Crippen molar-refractivity contribution in [3.63, 3.8) is 0 Å². The summed E-state index contributed by atoms with van der Waals surface area (Å²) in [5, 5.41) is 0. The topological polar surface area (TPSA) is 66.1 Å². The van der Waals surface area contributed by atoms with Crippen molar-refractivity contribution in [1.82, 2.24) is 14.9 Å². The zero-order valence-electron chi connectivity index (χ0n) is 17.5. The van der Waals surface area contributed by atoms with Crippen LogP contribution in [-0.2, 0) is 24.2 Å². The fourth-order valence-electron chi connectivity index (χ4n) is 4.11. The number of rotatable bonds is 5. The summed E-state index contributed by atoms with van der Waals surface area (Å²) in [5.41, 5.74) is 4.65. The summed E-state index contributed by atoms with van der Waals surface area (Å²) < 4.78 is 0. The molecule has 5 nitrogen and oxygen atoms in total. The molecule has 1 aliphatic heterocycles. The molecule has 1 N–H and O–H groups in total. The molecular formula is C25H27N3O2. The number of H-pyrrole nitrogens is 1. The molecule has 0 bridgehead atoms. The van der Waals surface area contributed by atoms with E-state index in [1.807, 2.05) is 37.3 Å². The summed E-state index contributed by atoms with van der Waals surface area (Å²) in [6.07, 6.45) is 1.94. The summed E-state index contributed by atoms with van der Waals surface area (Å²) in [6, 6.07) is 18.1. The average Bonchev–Trinajstić information content (AvgIpc) is 2.76. The van der Waals surface area contributed by atoms with Gasteiger partial charge in [0.05, 0.1) is 23.7 Å². The van der Waals surface area contributed by atoms with Crippen molar-refractivity contribution < 1.29 is 4.79 Å². The predicted molar refractivity (Wildman–Crippen MR) is 117 cm³/mol. The summed E-state index contributed by atoms with van der Waals surface area (Å²) in [7, 11) is 0. The lowest BCUT2D eigenvalue weighted by atomic mass is 9.94. The van der Waals surface area contributed by atoms with E-state index in [2.05, 4.69) is 36.2 Å². The highest BCUT2D eigenvalue weighted by Crippen LogP contribution is 2.25. The van der Waals surface area contributed by atoms with Crippen molar-refractivity contribution in [1.29, 1.82) is 0 Å². The Labute approximate surface area is 176 Å². The smallest absolute Gasteiger partial charge is 0.256 e. The molecule has 0 saturated carbocycles. The van der Waals surface area contributed by atoms with Crippen LogP contribution in [0.15, 0.2) is 59.4 Å². The zero-order chi connectivity index (χ0) is 21.1. The zero-order valence-corrected chi connectivity index (χ0v) is 17.5. The number of carbonyl (C=O) groups is 1. The third kappa shape index (κ3) is 4.20. The fraction of sp³-hybridized carbons (Fsp3) is 0.320. The Balaban J connectivity index is 1.53. The molecule has 5 heteroatoms. The van der Waals surface area contributed by atoms with Gasteiger partial charge in [-0.05, 0) is 24.5 Å². The Hall–Kier alpha value is -3.21. The number of fused-ring (bicyclic) bond motifs is 1. The second-order valence-electron chi connectivity index (χ2n) is 7.98. The highest BCUT2D eigenvalue weighted by molar-refractivity contribution is 5.84. The molecule has 0 fully saturated rings. The van der Waals surface area contributed by atoms with Gasteiger partial charge in [0.15, 0.2) is 0 Å². The van der Waals surface area contributed by atoms with E-state index < -0.39 is 0 Å². The van der Waals surface area contributed by atoms with Gasteiger partial charge in [0, 0.05) is 19.4 Å². The minimum absolute atomic E-state index is 0.0810. The number of carbonyl (C=O) groups excluding carboxylic acids is 1. The standard InChI is InChI=1S/C25H27N3O2/c1-3-20(19-7-5-4-6-8-19)25(30)28-14-13-22-21(16-28)24(29)27-23(26-22)15-18-11-9-17(2)10-12-18/h4-12,20H,3,13-16H2,1-2H3,(H,26,27,29)/t20-/m1/s1. The molecule has 2 heterocycles. The Kier molecular flexibility index (Phi) is 5.79. The maximum absolute atomic E-state index is 13.2. The average molecular weight is 402 g/mol. The van der Waals surface area contributed by atoms with Gasteiger partial charge in [0.25, 0.3) is 5.56 Å². The van der Waals surface area contributed by atoms with E-state index in [1.54, 1.807) is 4.90 Å². The van der Waals surface area contributed by atoms with Gasteiger partial charge in [-0.25, -0.2) is 4.98 Å². The highest BCUT2D eigenvalue weighted by atomic mass is 16.2. The molecule has 0 aliphatic carbocycles. The summed E-state index contributed by atoms with van der Waals surface area (Å²) in [4.78, 5) is 35.4. The molecule has 0 unspecified atom stereocenters. The lowest BCUT2D eigenvalue weighted by Gasteiger charge is -2.31. The first kappa shape index (κ1) is 20.1. The highest BCUT2D eigenvalue weighted by Gasteiger charge is 2.29. The molecule has 1 amide bonds. The molecule has 154 valence electrons. The van der Waals surface area contributed by atoms with Crippen molar-refractivity contribution in [3.05, 3.63) is 98.7 Å². The molecule has 0 radical (unpaired) electrons. The quantitative estimate of drug-likeness (QED) is 0.708. The van der Waals surface area contributed by atoms with Crippen LogP contribution in [0.2, 0.25) is 0 Å². The monoisotopic (exact) mass is 401 g/mol. The van der Waals surface area contributed by atoms with Crippen molar-refractivity contribution in [2.45, 2.75) is 45.6 Å². The van der Waals surface area contributed by atoms with E-state index in [1.165, 1.54) is 5.56 Å². The lowest BCUT2D eigenvalue weighted by molar-refractivity contribution is -0.133. The molecule has 1 aliphatic rings. The van der Waals surface area contributed by atoms with E-state index in [-0.39, 0.29) is 17.4 Å². The number of aromatic nitrogens is 2. The molecule has 0 spiro atoms. The van der Waals surface area contributed by atoms with Crippen LogP contribution in [0.3, 0.4) is 0 Å². The number of benzene rings is 2. The molecule has 1 aromatic heterocycles. The van der Waals surface area contributed by atoms with Crippen LogP contribution in [0.5, 0.6) is 0 Å². The van der Waals surface area contributed by atoms with Gasteiger partial charge in [-0.1, -0.05) is 67.1 Å². The van der Waals surface area contributed by atoms with Crippen LogP contribution >= 0.6 is 0 Å². The van der Waals surface area contributed by atoms with Gasteiger partial charge in [0.1, 0.15) is 5.82 Å². The van der Waals surface area contributed by atoms with Crippen LogP contribution in [0.25, 0.3) is 0 Å². The van der Waals surface area contributed by atoms with Gasteiger partial charge in [-0.15, -0.1) is 0 Å². The van der Waals surface area contributed by atoms with Crippen LogP contribution < -0.4 is 5.56 Å². The number of hydrogen-bond donors (Lipinski definition) is 1. The molecule has 2 aromatic carbocycles. The van der Waals surface area contributed by atoms with Crippen molar-refractivity contribution >= 4 is 5.91 Å². The van der Waals surface area contributed by atoms with Crippen LogP contribution in [-0.4, -0.2) is 27.3 Å². The van der Waals surface area contributed by atoms with Crippen molar-refractivity contribution in [2.24, 2.45) is 0 Å². The molecule has 1 atom stereocenters. The van der Waals surface area contributed by atoms with Gasteiger partial charge in [0.2, 0.25) is 5.91 Å². The van der Waals surface area contributed by atoms with Gasteiger partial charge < -0.3 is 9.88 Å². The summed E-state index contributed by atoms with van der Waals surface area (Å²) >= 11 is 0. The lowest BCUT2D eigenvalue weighted by Crippen LogP contribution is -2.42. The van der Waals surface area contributed by atoms with E-state index in [4.69, 9.17) is 4.98 Å². The predicted octanol–water partition coefficient (Wildman–Crippen LogP) is 3.75. The Morgan fingerprint density at radius 1 is 1.13 bits per heavy atom. The molecular weight excluding hydrogens is 374 g/mol. The maximum atomic E-state index is 13.2. The number of aryl methyl sites for hydroxylation is 1. The van der Waals surface area contributed by atoms with E-state index in [0.29, 0.717) is 37.3 Å². The van der Waals surface area contributed by atoms with Gasteiger partial charge in [-0.3, -0.25) is 9.59 Å². The number of aromatic amines is 1. The van der Waals surface area contributed by atoms with Crippen LogP contribution in [0.1, 0.15) is 53.0 Å². The van der Waals surface area contributed by atoms with E-state index in [0.717, 1.165) is 23.2 Å². The molecule has 30 heavy (non-hydrogen) atoms. The third-order valence-electron chi connectivity index (χ3n) is 5.83. The first-order valence-corrected chi connectivity index (χ1v) is 10.6. The second-order valence-corrected chi connectivity index (χ2v) is 7.98. The van der Waals surface area contributed by atoms with Crippen molar-refractivity contribution in [3.8, 4) is 0 Å². The first-order valence-electron chi connectivity index (χ1n) is 10.6. The Morgan fingerprint density at radius 3 is 2.57 bits per heavy atom. The minimum atomic E-state index is -0.180. The van der Waals surface area contributed by atoms with Gasteiger partial charge >= 0.3 is 0 Å². The number of nitrogens with one attached hydrogen (secondary N) is 1. The third-order valence-corrected chi connectivity index (χ3v) is 5.83. The fourth-order valence-corrected chi connectivity index (χ4v) is 4.11. The molecule has 4 rings (SSSR count). The number of amides is 1. The van der Waals surface area contributed by atoms with Crippen LogP contribution in [0, 0.1) is 6.92 Å². The SMILES string of the molecule is CC[C@@H](C(=O)N1CCc2nc(Cc3ccc(C)cc3)[nH]c(=O)c2C1)c1ccccc1. The number of hydrogen-bond acceptors (Lipinski definition) is 3. The normalized spacial score (nSPS) is 14.3. The molecule has 3 aromatic rings. The first-order chi connectivity index (χ1) is 14.5. The second kappa shape index (κ2) is 8.66. The Bertz CT molecular complexity index is 1090. The largest absolute Gasteiger partial charge is 0.337 e. The maximum Gasteiger partial charge on any atom is 0.256 e. The Morgan fingerprint density at radius 2 is 1.87 bits per heavy atom. The molecule has 0 saturated heterocycles. The summed E-state index contributed by atoms with van der Waals surface area (Å²) in [6.45, 7) is 5.00.